The molecule has 1 saturated carbocycles. The van der Waals surface area contributed by atoms with Crippen LogP contribution in [0, 0.1) is 17.8 Å². The van der Waals surface area contributed by atoms with E-state index in [0.717, 1.165) is 56.2 Å². The molecule has 29 heavy (non-hydrogen) atoms. The molecule has 0 aromatic carbocycles. The largest absolute Gasteiger partial charge is 0.363 e. The van der Waals surface area contributed by atoms with Crippen molar-refractivity contribution >= 4 is 27.4 Å². The van der Waals surface area contributed by atoms with Crippen molar-refractivity contribution in [3.05, 3.63) is 17.4 Å². The minimum absolute atomic E-state index is 0.00724. The van der Waals surface area contributed by atoms with Crippen LogP contribution in [0.2, 0.25) is 5.02 Å². The Labute approximate surface area is 178 Å². The maximum atomic E-state index is 11.6. The van der Waals surface area contributed by atoms with Crippen LogP contribution in [-0.2, 0) is 14.6 Å². The average molecular weight is 443 g/mol. The molecule has 0 radical (unpaired) electrons. The molecule has 7 nitrogen and oxygen atoms in total. The molecular formula is C20H31ClN4O3S. The summed E-state index contributed by atoms with van der Waals surface area (Å²) in [4.78, 5) is 10.9. The van der Waals surface area contributed by atoms with E-state index in [1.807, 2.05) is 0 Å². The highest BCUT2D eigenvalue weighted by Crippen LogP contribution is 2.49. The first kappa shape index (κ1) is 21.3. The van der Waals surface area contributed by atoms with Crippen molar-refractivity contribution in [1.29, 1.82) is 0 Å². The Morgan fingerprint density at radius 2 is 1.93 bits per heavy atom. The predicted octanol–water partition coefficient (Wildman–Crippen LogP) is 2.51. The van der Waals surface area contributed by atoms with Crippen molar-refractivity contribution in [3.63, 3.8) is 0 Å². The second-order valence-corrected chi connectivity index (χ2v) is 11.5. The Morgan fingerprint density at radius 3 is 2.55 bits per heavy atom. The molecule has 4 atom stereocenters. The topological polar surface area (TPSA) is 84.4 Å². The lowest BCUT2D eigenvalue weighted by Gasteiger charge is -2.32. The summed E-state index contributed by atoms with van der Waals surface area (Å²) in [6.07, 6.45) is 10.9. The van der Waals surface area contributed by atoms with E-state index in [9.17, 15) is 8.42 Å². The van der Waals surface area contributed by atoms with Crippen LogP contribution in [0.25, 0.3) is 0 Å². The minimum atomic E-state index is -2.95. The van der Waals surface area contributed by atoms with Gasteiger partial charge in [-0.15, -0.1) is 0 Å². The van der Waals surface area contributed by atoms with Gasteiger partial charge in [-0.3, -0.25) is 5.32 Å². The predicted molar refractivity (Wildman–Crippen MR) is 114 cm³/mol. The van der Waals surface area contributed by atoms with E-state index in [4.69, 9.17) is 16.3 Å². The Kier molecular flexibility index (Phi) is 6.63. The lowest BCUT2D eigenvalue weighted by atomic mass is 9.90. The van der Waals surface area contributed by atoms with Crippen LogP contribution in [0.1, 0.15) is 38.5 Å². The molecule has 0 spiro atoms. The maximum absolute atomic E-state index is 11.6. The number of nitrogens with zero attached hydrogens (tertiary/aromatic N) is 3. The van der Waals surface area contributed by atoms with Gasteiger partial charge in [-0.25, -0.2) is 18.4 Å². The summed E-state index contributed by atoms with van der Waals surface area (Å²) in [6.45, 7) is 3.30. The molecule has 162 valence electrons. The maximum Gasteiger partial charge on any atom is 0.225 e. The number of hydrogen-bond donors (Lipinski definition) is 1. The molecule has 3 fully saturated rings. The first-order valence-electron chi connectivity index (χ1n) is 10.7. The normalized spacial score (nSPS) is 31.0. The minimum Gasteiger partial charge on any atom is -0.363 e. The molecule has 2 unspecified atom stereocenters. The van der Waals surface area contributed by atoms with Gasteiger partial charge in [0, 0.05) is 32.5 Å². The van der Waals surface area contributed by atoms with E-state index >= 15 is 0 Å². The van der Waals surface area contributed by atoms with E-state index in [1.165, 1.54) is 25.5 Å². The summed E-state index contributed by atoms with van der Waals surface area (Å²) in [6, 6.07) is 0. The van der Waals surface area contributed by atoms with E-state index in [1.54, 1.807) is 12.4 Å². The highest BCUT2D eigenvalue weighted by Gasteiger charge is 2.43. The number of hydrogen-bond acceptors (Lipinski definition) is 7. The zero-order chi connectivity index (χ0) is 20.4. The summed E-state index contributed by atoms with van der Waals surface area (Å²) in [7, 11) is -2.95. The van der Waals surface area contributed by atoms with Gasteiger partial charge < -0.3 is 9.64 Å². The van der Waals surface area contributed by atoms with Gasteiger partial charge in [0.05, 0.1) is 22.7 Å². The first-order chi connectivity index (χ1) is 13.9. The molecule has 2 saturated heterocycles. The molecule has 1 N–H and O–H groups in total. The lowest BCUT2D eigenvalue weighted by Crippen LogP contribution is -2.45. The third-order valence-corrected chi connectivity index (χ3v) is 8.56. The Bertz CT molecular complexity index is 775. The quantitative estimate of drug-likeness (QED) is 0.694. The number of piperidine rings is 2. The van der Waals surface area contributed by atoms with Crippen LogP contribution < -0.4 is 10.2 Å². The molecule has 1 aromatic rings. The van der Waals surface area contributed by atoms with E-state index in [-0.39, 0.29) is 11.5 Å². The number of sulfone groups is 1. The second-order valence-electron chi connectivity index (χ2n) is 8.77. The molecule has 0 amide bonds. The Balaban J connectivity index is 1.12. The van der Waals surface area contributed by atoms with Crippen molar-refractivity contribution in [2.24, 2.45) is 17.8 Å². The van der Waals surface area contributed by atoms with Gasteiger partial charge >= 0.3 is 0 Å². The second kappa shape index (κ2) is 9.04. The number of halogens is 1. The third kappa shape index (κ3) is 5.60. The number of aromatic nitrogens is 2. The summed E-state index contributed by atoms with van der Waals surface area (Å²) in [5.74, 6) is 3.20. The smallest absolute Gasteiger partial charge is 0.225 e. The van der Waals surface area contributed by atoms with E-state index in [0.29, 0.717) is 18.0 Å². The van der Waals surface area contributed by atoms with Gasteiger partial charge in [0.2, 0.25) is 5.95 Å². The van der Waals surface area contributed by atoms with Crippen LogP contribution in [0.4, 0.5) is 5.95 Å². The monoisotopic (exact) mass is 442 g/mol. The molecule has 0 bridgehead atoms. The molecule has 2 aliphatic heterocycles. The van der Waals surface area contributed by atoms with Crippen LogP contribution in [0.5, 0.6) is 0 Å². The lowest BCUT2D eigenvalue weighted by molar-refractivity contribution is 0.00939. The summed E-state index contributed by atoms with van der Waals surface area (Å²) >= 11 is 5.87. The summed E-state index contributed by atoms with van der Waals surface area (Å²) < 4.78 is 29.2. The van der Waals surface area contributed by atoms with Crippen molar-refractivity contribution in [2.75, 3.05) is 37.4 Å². The van der Waals surface area contributed by atoms with Crippen molar-refractivity contribution < 1.29 is 13.2 Å². The zero-order valence-corrected chi connectivity index (χ0v) is 18.5. The highest BCUT2D eigenvalue weighted by molar-refractivity contribution is 7.91. The van der Waals surface area contributed by atoms with Gasteiger partial charge in [0.25, 0.3) is 0 Å². The molecule has 3 heterocycles. The summed E-state index contributed by atoms with van der Waals surface area (Å²) in [5.41, 5.74) is 0. The van der Waals surface area contributed by atoms with Gasteiger partial charge in [0.15, 0.2) is 9.84 Å². The standard InChI is InChI=1S/C20H31ClN4O3S/c1-29(26,27)17-2-3-19(22-13-17)28-9-6-15-10-18(15)14-4-7-25(8-5-14)20-23-11-16(21)12-24-20/h11-12,14-15,17-19,22H,2-10,13H2,1H3/t15-,17?,18-,19?/m1/s1. The third-order valence-electron chi connectivity index (χ3n) is 6.75. The van der Waals surface area contributed by atoms with Crippen LogP contribution in [0.15, 0.2) is 12.4 Å². The molecule has 3 aliphatic rings. The molecule has 1 aliphatic carbocycles. The van der Waals surface area contributed by atoms with Crippen LogP contribution in [0.3, 0.4) is 0 Å². The fourth-order valence-electron chi connectivity index (χ4n) is 4.85. The Hall–Kier alpha value is -0.960. The number of nitrogens with one attached hydrogen (secondary N) is 1. The number of ether oxygens (including phenoxy) is 1. The van der Waals surface area contributed by atoms with Crippen molar-refractivity contribution in [3.8, 4) is 0 Å². The van der Waals surface area contributed by atoms with Crippen molar-refractivity contribution in [1.82, 2.24) is 15.3 Å². The number of anilines is 1. The van der Waals surface area contributed by atoms with Crippen molar-refractivity contribution in [2.45, 2.75) is 50.0 Å². The molecular weight excluding hydrogens is 412 g/mol. The molecule has 9 heteroatoms. The first-order valence-corrected chi connectivity index (χ1v) is 13.0. The van der Waals surface area contributed by atoms with Gasteiger partial charge in [-0.1, -0.05) is 11.6 Å². The molecule has 1 aromatic heterocycles. The van der Waals surface area contributed by atoms with E-state index < -0.39 is 9.84 Å². The van der Waals surface area contributed by atoms with E-state index in [2.05, 4.69) is 20.2 Å². The fourth-order valence-corrected chi connectivity index (χ4v) is 5.91. The van der Waals surface area contributed by atoms with Gasteiger partial charge in [-0.2, -0.15) is 0 Å². The van der Waals surface area contributed by atoms with Crippen LogP contribution in [-0.4, -0.2) is 62.4 Å². The Morgan fingerprint density at radius 1 is 1.21 bits per heavy atom. The molecule has 4 rings (SSSR count). The van der Waals surface area contributed by atoms with Gasteiger partial charge in [0.1, 0.15) is 6.23 Å². The fraction of sp³-hybridized carbons (Fsp3) is 0.800. The number of rotatable bonds is 7. The zero-order valence-electron chi connectivity index (χ0n) is 17.0. The van der Waals surface area contributed by atoms with Crippen LogP contribution >= 0.6 is 11.6 Å². The van der Waals surface area contributed by atoms with Gasteiger partial charge in [-0.05, 0) is 56.3 Å². The highest BCUT2D eigenvalue weighted by atomic mass is 35.5. The SMILES string of the molecule is CS(=O)(=O)C1CCC(OCC[C@@H]2C[C@@H]2C2CCN(c3ncc(Cl)cn3)CC2)NC1. The summed E-state index contributed by atoms with van der Waals surface area (Å²) in [5, 5.41) is 3.55. The average Bonchev–Trinajstić information content (AvgIpc) is 3.48.